The first kappa shape index (κ1) is 21.1. The van der Waals surface area contributed by atoms with E-state index < -0.39 is 0 Å². The third-order valence-corrected chi connectivity index (χ3v) is 5.24. The summed E-state index contributed by atoms with van der Waals surface area (Å²) in [6.45, 7) is 4.03. The first-order valence-corrected chi connectivity index (χ1v) is 10.2. The van der Waals surface area contributed by atoms with Crippen molar-refractivity contribution in [2.24, 2.45) is 5.10 Å². The first-order valence-electron chi connectivity index (χ1n) is 8.66. The molecule has 3 aromatic rings. The van der Waals surface area contributed by atoms with Crippen molar-refractivity contribution in [3.8, 4) is 11.5 Å². The number of rotatable bonds is 7. The second-order valence-electron chi connectivity index (χ2n) is 6.01. The third kappa shape index (κ3) is 5.05. The minimum Gasteiger partial charge on any atom is -0.496 e. The Labute approximate surface area is 185 Å². The highest BCUT2D eigenvalue weighted by Gasteiger charge is 2.13. The maximum atomic E-state index is 12.6. The van der Waals surface area contributed by atoms with E-state index >= 15 is 0 Å². The predicted octanol–water partition coefficient (Wildman–Crippen LogP) is 5.70. The Kier molecular flexibility index (Phi) is 7.06. The average molecular weight is 518 g/mol. The van der Waals surface area contributed by atoms with E-state index in [2.05, 4.69) is 49.0 Å². The van der Waals surface area contributed by atoms with Gasteiger partial charge in [0, 0.05) is 0 Å². The predicted molar refractivity (Wildman–Crippen MR) is 123 cm³/mol. The maximum Gasteiger partial charge on any atom is 0.275 e. The molecule has 3 rings (SSSR count). The number of ether oxygens (including phenoxy) is 2. The van der Waals surface area contributed by atoms with Gasteiger partial charge in [-0.15, -0.1) is 0 Å². The molecule has 0 fully saturated rings. The van der Waals surface area contributed by atoms with Gasteiger partial charge in [-0.05, 0) is 72.5 Å². The van der Waals surface area contributed by atoms with E-state index in [0.29, 0.717) is 23.7 Å². The molecule has 0 aliphatic heterocycles. The summed E-state index contributed by atoms with van der Waals surface area (Å²) in [4.78, 5) is 12.6. The fourth-order valence-corrected chi connectivity index (χ4v) is 4.18. The molecule has 0 aliphatic rings. The van der Waals surface area contributed by atoms with Gasteiger partial charge in [0.1, 0.15) is 18.1 Å². The number of nitrogens with one attached hydrogen (secondary N) is 1. The van der Waals surface area contributed by atoms with Crippen LogP contribution in [0.5, 0.6) is 11.5 Å². The molecule has 0 bridgehead atoms. The summed E-state index contributed by atoms with van der Waals surface area (Å²) >= 11 is 6.95. The van der Waals surface area contributed by atoms with Crippen LogP contribution < -0.4 is 14.9 Å². The largest absolute Gasteiger partial charge is 0.496 e. The van der Waals surface area contributed by atoms with E-state index in [0.717, 1.165) is 25.3 Å². The molecule has 0 saturated carbocycles. The van der Waals surface area contributed by atoms with Crippen LogP contribution in [-0.4, -0.2) is 25.8 Å². The Morgan fingerprint density at radius 3 is 2.41 bits per heavy atom. The smallest absolute Gasteiger partial charge is 0.275 e. The highest BCUT2D eigenvalue weighted by Crippen LogP contribution is 2.34. The average Bonchev–Trinajstić information content (AvgIpc) is 2.72. The Morgan fingerprint density at radius 1 is 1.14 bits per heavy atom. The van der Waals surface area contributed by atoms with E-state index in [4.69, 9.17) is 9.47 Å². The molecular weight excluding hydrogens is 500 g/mol. The molecule has 148 valence electrons. The lowest BCUT2D eigenvalue weighted by atomic mass is 10.1. The number of carbonyl (C=O) groups is 1. The van der Waals surface area contributed by atoms with Crippen LogP contribution in [0, 0.1) is 0 Å². The van der Waals surface area contributed by atoms with Gasteiger partial charge in [0.05, 0.1) is 27.8 Å². The van der Waals surface area contributed by atoms with Crippen LogP contribution in [0.15, 0.2) is 75.2 Å². The van der Waals surface area contributed by atoms with Gasteiger partial charge in [0.15, 0.2) is 0 Å². The zero-order valence-electron chi connectivity index (χ0n) is 15.6. The molecule has 7 heteroatoms. The summed E-state index contributed by atoms with van der Waals surface area (Å²) in [6.07, 6.45) is 3.23. The number of hydrogen-bond donors (Lipinski definition) is 1. The Bertz CT molecular complexity index is 1070. The number of amides is 1. The molecule has 0 unspecified atom stereocenters. The van der Waals surface area contributed by atoms with Gasteiger partial charge < -0.3 is 9.47 Å². The van der Waals surface area contributed by atoms with Crippen molar-refractivity contribution < 1.29 is 14.3 Å². The standard InChI is InChI=1S/C22H18Br2N2O3/c1-3-8-29-21-18(23)9-14(10-19(21)24)13-25-26-22(27)17-11-15-6-4-5-7-16(15)12-20(17)28-2/h3-7,9-13H,1,8H2,2H3,(H,26,27)/b25-13+. The van der Waals surface area contributed by atoms with Gasteiger partial charge in [-0.1, -0.05) is 36.9 Å². The second kappa shape index (κ2) is 9.71. The van der Waals surface area contributed by atoms with Crippen LogP contribution in [0.1, 0.15) is 15.9 Å². The zero-order valence-corrected chi connectivity index (χ0v) is 18.8. The number of methoxy groups -OCH3 is 1. The molecule has 0 atom stereocenters. The Balaban J connectivity index is 1.78. The van der Waals surface area contributed by atoms with Crippen LogP contribution in [0.2, 0.25) is 0 Å². The molecule has 3 aromatic carbocycles. The lowest BCUT2D eigenvalue weighted by Gasteiger charge is -2.10. The number of carbonyl (C=O) groups excluding carboxylic acids is 1. The van der Waals surface area contributed by atoms with E-state index in [1.165, 1.54) is 7.11 Å². The zero-order chi connectivity index (χ0) is 20.8. The molecule has 0 radical (unpaired) electrons. The second-order valence-corrected chi connectivity index (χ2v) is 7.72. The van der Waals surface area contributed by atoms with Gasteiger partial charge in [0.25, 0.3) is 5.91 Å². The Morgan fingerprint density at radius 2 is 1.79 bits per heavy atom. The van der Waals surface area contributed by atoms with Crippen LogP contribution in [0.4, 0.5) is 0 Å². The summed E-state index contributed by atoms with van der Waals surface area (Å²) in [6, 6.07) is 15.1. The van der Waals surface area contributed by atoms with Crippen molar-refractivity contribution in [3.05, 3.63) is 81.3 Å². The number of fused-ring (bicyclic) bond motifs is 1. The summed E-state index contributed by atoms with van der Waals surface area (Å²) in [5, 5.41) is 6.02. The minimum absolute atomic E-state index is 0.354. The normalized spacial score (nSPS) is 10.9. The summed E-state index contributed by atoms with van der Waals surface area (Å²) in [5.41, 5.74) is 3.74. The van der Waals surface area contributed by atoms with Gasteiger partial charge in [-0.3, -0.25) is 4.79 Å². The maximum absolute atomic E-state index is 12.6. The van der Waals surface area contributed by atoms with E-state index in [9.17, 15) is 4.79 Å². The summed E-state index contributed by atoms with van der Waals surface area (Å²) < 4.78 is 12.5. The molecule has 1 N–H and O–H groups in total. The van der Waals surface area contributed by atoms with Crippen LogP contribution in [0.25, 0.3) is 10.8 Å². The van der Waals surface area contributed by atoms with Gasteiger partial charge in [-0.2, -0.15) is 5.10 Å². The van der Waals surface area contributed by atoms with E-state index in [1.54, 1.807) is 18.4 Å². The van der Waals surface area contributed by atoms with Crippen molar-refractivity contribution in [1.29, 1.82) is 0 Å². The molecule has 0 aliphatic carbocycles. The van der Waals surface area contributed by atoms with Crippen LogP contribution in [0.3, 0.4) is 0 Å². The highest BCUT2D eigenvalue weighted by molar-refractivity contribution is 9.11. The number of halogens is 2. The van der Waals surface area contributed by atoms with E-state index in [1.807, 2.05) is 42.5 Å². The first-order chi connectivity index (χ1) is 14.0. The lowest BCUT2D eigenvalue weighted by molar-refractivity contribution is 0.0952. The molecule has 0 saturated heterocycles. The van der Waals surface area contributed by atoms with Crippen molar-refractivity contribution in [2.45, 2.75) is 0 Å². The minimum atomic E-state index is -0.354. The number of benzene rings is 3. The quantitative estimate of drug-likeness (QED) is 0.248. The van der Waals surface area contributed by atoms with Gasteiger partial charge >= 0.3 is 0 Å². The fourth-order valence-electron chi connectivity index (χ4n) is 2.73. The number of hydrazone groups is 1. The van der Waals surface area contributed by atoms with Crippen LogP contribution in [-0.2, 0) is 0 Å². The van der Waals surface area contributed by atoms with E-state index in [-0.39, 0.29) is 5.91 Å². The SMILES string of the molecule is C=CCOc1c(Br)cc(/C=N/NC(=O)c2cc3ccccc3cc2OC)cc1Br. The summed E-state index contributed by atoms with van der Waals surface area (Å²) in [5.74, 6) is 0.811. The van der Waals surface area contributed by atoms with Crippen molar-refractivity contribution in [1.82, 2.24) is 5.43 Å². The molecule has 5 nitrogen and oxygen atoms in total. The molecule has 29 heavy (non-hydrogen) atoms. The number of nitrogens with zero attached hydrogens (tertiary/aromatic N) is 1. The Hall–Kier alpha value is -2.64. The monoisotopic (exact) mass is 516 g/mol. The third-order valence-electron chi connectivity index (χ3n) is 4.06. The van der Waals surface area contributed by atoms with Crippen molar-refractivity contribution in [2.75, 3.05) is 13.7 Å². The van der Waals surface area contributed by atoms with Crippen LogP contribution >= 0.6 is 31.9 Å². The van der Waals surface area contributed by atoms with Crippen molar-refractivity contribution in [3.63, 3.8) is 0 Å². The lowest BCUT2D eigenvalue weighted by Crippen LogP contribution is -2.18. The molecule has 1 amide bonds. The molecule has 0 aromatic heterocycles. The van der Waals surface area contributed by atoms with Gasteiger partial charge in [0.2, 0.25) is 0 Å². The molecule has 0 spiro atoms. The number of hydrogen-bond acceptors (Lipinski definition) is 4. The highest BCUT2D eigenvalue weighted by atomic mass is 79.9. The fraction of sp³-hybridized carbons (Fsp3) is 0.0909. The molecule has 0 heterocycles. The topological polar surface area (TPSA) is 59.9 Å². The van der Waals surface area contributed by atoms with Crippen molar-refractivity contribution >= 4 is 54.8 Å². The molecular formula is C22H18Br2N2O3. The summed E-state index contributed by atoms with van der Waals surface area (Å²) in [7, 11) is 1.54. The van der Waals surface area contributed by atoms with Gasteiger partial charge in [-0.25, -0.2) is 5.43 Å².